The zero-order chi connectivity index (χ0) is 16.5. The van der Waals surface area contributed by atoms with Gasteiger partial charge < -0.3 is 14.6 Å². The lowest BCUT2D eigenvalue weighted by Gasteiger charge is -2.07. The molecule has 1 aliphatic rings. The second kappa shape index (κ2) is 5.81. The molecule has 120 valence electrons. The summed E-state index contributed by atoms with van der Waals surface area (Å²) in [7, 11) is 0. The monoisotopic (exact) mass is 321 g/mol. The number of hydrogen-bond acceptors (Lipinski definition) is 5. The number of nitrogens with one attached hydrogen (secondary N) is 1. The largest absolute Gasteiger partial charge is 0.441 e. The zero-order valence-electron chi connectivity index (χ0n) is 13.0. The topological polar surface area (TPSA) is 76.7 Å². The standard InChI is InChI=1S/C18H15N3O3/c1-11-19-14-9-13(7-8-16(14)23-11)20-18(22)15-10-17(24-21-15)12-5-3-2-4-6-12/h2-9,17H,10H2,1H3,(H,20,22). The quantitative estimate of drug-likeness (QED) is 0.799. The van der Waals surface area contributed by atoms with Gasteiger partial charge in [0.05, 0.1) is 0 Å². The minimum absolute atomic E-state index is 0.215. The lowest BCUT2D eigenvalue weighted by Crippen LogP contribution is -2.21. The lowest BCUT2D eigenvalue weighted by atomic mass is 10.0. The molecule has 1 atom stereocenters. The summed E-state index contributed by atoms with van der Waals surface area (Å²) in [5.74, 6) is 0.320. The predicted octanol–water partition coefficient (Wildman–Crippen LogP) is 3.59. The van der Waals surface area contributed by atoms with E-state index in [1.54, 1.807) is 25.1 Å². The van der Waals surface area contributed by atoms with Gasteiger partial charge in [0.25, 0.3) is 5.91 Å². The first-order valence-corrected chi connectivity index (χ1v) is 7.65. The van der Waals surface area contributed by atoms with E-state index in [4.69, 9.17) is 9.25 Å². The third-order valence-electron chi connectivity index (χ3n) is 3.85. The molecule has 24 heavy (non-hydrogen) atoms. The number of oxime groups is 1. The summed E-state index contributed by atoms with van der Waals surface area (Å²) >= 11 is 0. The van der Waals surface area contributed by atoms with Gasteiger partial charge in [0, 0.05) is 19.0 Å². The number of carbonyl (C=O) groups excluding carboxylic acids is 1. The summed E-state index contributed by atoms with van der Waals surface area (Å²) in [6, 6.07) is 15.1. The van der Waals surface area contributed by atoms with Crippen molar-refractivity contribution in [2.45, 2.75) is 19.4 Å². The molecule has 0 radical (unpaired) electrons. The SMILES string of the molecule is Cc1nc2cc(NC(=O)C3=NOC(c4ccccc4)C3)ccc2o1. The molecular formula is C18H15N3O3. The highest BCUT2D eigenvalue weighted by atomic mass is 16.6. The number of nitrogens with zero attached hydrogens (tertiary/aromatic N) is 2. The first kappa shape index (κ1) is 14.4. The molecule has 2 aromatic carbocycles. The highest BCUT2D eigenvalue weighted by Gasteiger charge is 2.27. The number of aryl methyl sites for hydroxylation is 1. The summed E-state index contributed by atoms with van der Waals surface area (Å²) in [4.78, 5) is 22.0. The third kappa shape index (κ3) is 2.74. The van der Waals surface area contributed by atoms with Crippen molar-refractivity contribution in [1.82, 2.24) is 4.98 Å². The fourth-order valence-electron chi connectivity index (χ4n) is 2.68. The van der Waals surface area contributed by atoms with Crippen LogP contribution in [0, 0.1) is 6.92 Å². The van der Waals surface area contributed by atoms with E-state index in [0.29, 0.717) is 34.8 Å². The average molecular weight is 321 g/mol. The number of carbonyl (C=O) groups is 1. The van der Waals surface area contributed by atoms with Crippen molar-refractivity contribution in [2.75, 3.05) is 5.32 Å². The molecule has 6 heteroatoms. The summed E-state index contributed by atoms with van der Waals surface area (Å²) in [6.45, 7) is 1.78. The van der Waals surface area contributed by atoms with Crippen molar-refractivity contribution in [3.05, 3.63) is 60.0 Å². The molecule has 1 amide bonds. The van der Waals surface area contributed by atoms with Crippen molar-refractivity contribution in [3.63, 3.8) is 0 Å². The molecule has 6 nitrogen and oxygen atoms in total. The van der Waals surface area contributed by atoms with Gasteiger partial charge in [-0.25, -0.2) is 4.98 Å². The van der Waals surface area contributed by atoms with E-state index in [9.17, 15) is 4.79 Å². The van der Waals surface area contributed by atoms with Gasteiger partial charge in [-0.1, -0.05) is 35.5 Å². The molecule has 0 bridgehead atoms. The summed E-state index contributed by atoms with van der Waals surface area (Å²) in [6.07, 6.45) is 0.230. The van der Waals surface area contributed by atoms with E-state index in [2.05, 4.69) is 15.5 Å². The molecule has 1 N–H and O–H groups in total. The number of hydrogen-bond donors (Lipinski definition) is 1. The molecule has 0 saturated carbocycles. The Morgan fingerprint density at radius 1 is 1.21 bits per heavy atom. The fourth-order valence-corrected chi connectivity index (χ4v) is 2.68. The summed E-state index contributed by atoms with van der Waals surface area (Å²) < 4.78 is 5.42. The van der Waals surface area contributed by atoms with Crippen molar-refractivity contribution in [3.8, 4) is 0 Å². The maximum atomic E-state index is 12.4. The Kier molecular flexibility index (Phi) is 3.49. The molecule has 1 unspecified atom stereocenters. The Morgan fingerprint density at radius 2 is 2.04 bits per heavy atom. The van der Waals surface area contributed by atoms with Gasteiger partial charge >= 0.3 is 0 Å². The Bertz CT molecular complexity index is 931. The molecule has 1 aromatic heterocycles. The lowest BCUT2D eigenvalue weighted by molar-refractivity contribution is -0.110. The van der Waals surface area contributed by atoms with Crippen LogP contribution in [0.5, 0.6) is 0 Å². The van der Waals surface area contributed by atoms with Crippen LogP contribution in [0.15, 0.2) is 58.1 Å². The average Bonchev–Trinajstić information content (AvgIpc) is 3.21. The third-order valence-corrected chi connectivity index (χ3v) is 3.85. The van der Waals surface area contributed by atoms with Crippen LogP contribution >= 0.6 is 0 Å². The Balaban J connectivity index is 1.46. The Hall–Kier alpha value is -3.15. The van der Waals surface area contributed by atoms with Crippen LogP contribution in [-0.4, -0.2) is 16.6 Å². The van der Waals surface area contributed by atoms with E-state index < -0.39 is 0 Å². The minimum atomic E-state index is -0.270. The summed E-state index contributed by atoms with van der Waals surface area (Å²) in [5, 5.41) is 6.75. The molecule has 2 heterocycles. The van der Waals surface area contributed by atoms with Crippen LogP contribution in [0.25, 0.3) is 11.1 Å². The highest BCUT2D eigenvalue weighted by Crippen LogP contribution is 2.27. The summed E-state index contributed by atoms with van der Waals surface area (Å²) in [5.41, 5.74) is 3.42. The maximum Gasteiger partial charge on any atom is 0.273 e. The van der Waals surface area contributed by atoms with Gasteiger partial charge in [-0.05, 0) is 23.8 Å². The van der Waals surface area contributed by atoms with Crippen molar-refractivity contribution < 1.29 is 14.0 Å². The van der Waals surface area contributed by atoms with Crippen LogP contribution in [-0.2, 0) is 9.63 Å². The molecule has 0 aliphatic carbocycles. The van der Waals surface area contributed by atoms with E-state index in [1.807, 2.05) is 30.3 Å². The number of benzene rings is 2. The highest BCUT2D eigenvalue weighted by molar-refractivity contribution is 6.43. The number of rotatable bonds is 3. The normalized spacial score (nSPS) is 16.7. The van der Waals surface area contributed by atoms with Crippen molar-refractivity contribution >= 4 is 28.4 Å². The number of fused-ring (bicyclic) bond motifs is 1. The molecule has 0 saturated heterocycles. The van der Waals surface area contributed by atoms with Crippen LogP contribution in [0.3, 0.4) is 0 Å². The van der Waals surface area contributed by atoms with Gasteiger partial charge in [0.15, 0.2) is 17.6 Å². The van der Waals surface area contributed by atoms with Gasteiger partial charge in [-0.15, -0.1) is 0 Å². The first-order valence-electron chi connectivity index (χ1n) is 7.65. The Labute approximate surface area is 138 Å². The maximum absolute atomic E-state index is 12.4. The zero-order valence-corrected chi connectivity index (χ0v) is 13.0. The van der Waals surface area contributed by atoms with Crippen molar-refractivity contribution in [1.29, 1.82) is 0 Å². The number of aromatic nitrogens is 1. The number of oxazole rings is 1. The van der Waals surface area contributed by atoms with E-state index >= 15 is 0 Å². The molecule has 0 spiro atoms. The van der Waals surface area contributed by atoms with E-state index in [1.165, 1.54) is 0 Å². The molecule has 1 aliphatic heterocycles. The van der Waals surface area contributed by atoms with Crippen LogP contribution in [0.1, 0.15) is 24.0 Å². The van der Waals surface area contributed by atoms with Gasteiger partial charge in [-0.3, -0.25) is 4.79 Å². The van der Waals surface area contributed by atoms with Gasteiger partial charge in [0.2, 0.25) is 0 Å². The Morgan fingerprint density at radius 3 is 2.88 bits per heavy atom. The minimum Gasteiger partial charge on any atom is -0.441 e. The molecule has 0 fully saturated rings. The molecule has 3 aromatic rings. The second-order valence-electron chi connectivity index (χ2n) is 5.62. The molecule has 4 rings (SSSR count). The number of amides is 1. The van der Waals surface area contributed by atoms with E-state index in [0.717, 1.165) is 5.56 Å². The smallest absolute Gasteiger partial charge is 0.273 e. The van der Waals surface area contributed by atoms with Crippen LogP contribution < -0.4 is 5.32 Å². The van der Waals surface area contributed by atoms with Gasteiger partial charge in [0.1, 0.15) is 11.2 Å². The first-order chi connectivity index (χ1) is 11.7. The van der Waals surface area contributed by atoms with Crippen LogP contribution in [0.2, 0.25) is 0 Å². The predicted molar refractivity (Wildman–Crippen MR) is 89.7 cm³/mol. The fraction of sp³-hybridized carbons (Fsp3) is 0.167. The van der Waals surface area contributed by atoms with Crippen LogP contribution in [0.4, 0.5) is 5.69 Å². The van der Waals surface area contributed by atoms with Crippen molar-refractivity contribution in [2.24, 2.45) is 5.16 Å². The number of anilines is 1. The van der Waals surface area contributed by atoms with Gasteiger partial charge in [-0.2, -0.15) is 0 Å². The van der Waals surface area contributed by atoms with E-state index in [-0.39, 0.29) is 12.0 Å². The second-order valence-corrected chi connectivity index (χ2v) is 5.62. The molecular weight excluding hydrogens is 306 g/mol.